The number of hydrogen-bond acceptors (Lipinski definition) is 0. The van der Waals surface area contributed by atoms with Gasteiger partial charge in [-0.2, -0.15) is 13.2 Å². The van der Waals surface area contributed by atoms with Gasteiger partial charge in [-0.3, -0.25) is 0 Å². The zero-order valence-corrected chi connectivity index (χ0v) is 16.2. The molecule has 0 aliphatic carbocycles. The molecule has 4 rings (SSSR count). The van der Waals surface area contributed by atoms with E-state index in [9.17, 15) is 17.6 Å². The lowest BCUT2D eigenvalue weighted by Crippen LogP contribution is -2.50. The summed E-state index contributed by atoms with van der Waals surface area (Å²) in [5, 5.41) is 0. The lowest BCUT2D eigenvalue weighted by Gasteiger charge is -2.32. The first-order valence-corrected chi connectivity index (χ1v) is 9.13. The maximum atomic E-state index is 15.1. The summed E-state index contributed by atoms with van der Waals surface area (Å²) in [6, 6.07) is 5.48. The van der Waals surface area contributed by atoms with E-state index < -0.39 is 30.1 Å². The number of benzene rings is 1. The normalized spacial score (nSPS) is 18.2. The summed E-state index contributed by atoms with van der Waals surface area (Å²) in [6.45, 7) is -4.34. The number of nitrogens with zero attached hydrogens (tertiary/aromatic N) is 2. The summed E-state index contributed by atoms with van der Waals surface area (Å²) in [7, 11) is 0. The van der Waals surface area contributed by atoms with Gasteiger partial charge in [0.2, 0.25) is 4.62 Å². The molecule has 2 aromatic rings. The van der Waals surface area contributed by atoms with Crippen LogP contribution < -0.4 is 0 Å². The molecule has 2 aliphatic heterocycles. The van der Waals surface area contributed by atoms with E-state index in [1.165, 1.54) is 24.3 Å². The minimum absolute atomic E-state index is 0.0265. The SMILES string of the molecule is Fc1c(C2=C3C=CC(Br)=[N+]3[B-](F)(F)n3c(Br)ccc32)cccc1C(F)(F)F. The molecule has 0 radical (unpaired) electrons. The standard InChI is InChI=1S/C16H7BBr2F6N2/c18-12-6-4-10-14(8-2-1-3-9(15(8)20)16(21,22)23)11-5-7-13(19)27(11)17(24,25)26(10)12/h1-7H. The second-order valence-corrected chi connectivity index (χ2v) is 7.58. The zero-order chi connectivity index (χ0) is 19.7. The van der Waals surface area contributed by atoms with E-state index in [0.29, 0.717) is 15.0 Å². The van der Waals surface area contributed by atoms with Crippen molar-refractivity contribution in [2.45, 2.75) is 6.18 Å². The van der Waals surface area contributed by atoms with E-state index in [1.807, 2.05) is 0 Å². The summed E-state index contributed by atoms with van der Waals surface area (Å²) in [4.78, 5) is 0. The second-order valence-electron chi connectivity index (χ2n) is 5.95. The van der Waals surface area contributed by atoms with Gasteiger partial charge in [0.25, 0.3) is 0 Å². The van der Waals surface area contributed by atoms with Crippen LogP contribution in [0.2, 0.25) is 0 Å². The van der Waals surface area contributed by atoms with Gasteiger partial charge < -0.3 is 17.6 Å². The van der Waals surface area contributed by atoms with Gasteiger partial charge in [0.1, 0.15) is 5.82 Å². The summed E-state index contributed by atoms with van der Waals surface area (Å²) < 4.78 is 85.7. The predicted molar refractivity (Wildman–Crippen MR) is 96.3 cm³/mol. The van der Waals surface area contributed by atoms with Crippen LogP contribution in [0.4, 0.5) is 26.2 Å². The highest BCUT2D eigenvalue weighted by atomic mass is 79.9. The molecule has 1 aromatic heterocycles. The average molecular weight is 512 g/mol. The van der Waals surface area contributed by atoms with E-state index in [-0.39, 0.29) is 26.2 Å². The molecule has 27 heavy (non-hydrogen) atoms. The first-order valence-electron chi connectivity index (χ1n) is 7.55. The minimum Gasteiger partial charge on any atom is -0.389 e. The van der Waals surface area contributed by atoms with Crippen LogP contribution in [0.1, 0.15) is 16.8 Å². The molecule has 0 amide bonds. The maximum Gasteiger partial charge on any atom is 0.738 e. The molecule has 0 atom stereocenters. The number of hydrogen-bond donors (Lipinski definition) is 0. The summed E-state index contributed by atoms with van der Waals surface area (Å²) >= 11 is 6.08. The molecule has 0 fully saturated rings. The van der Waals surface area contributed by atoms with Gasteiger partial charge in [-0.25, -0.2) is 4.39 Å². The average Bonchev–Trinajstić information content (AvgIpc) is 3.13. The van der Waals surface area contributed by atoms with Gasteiger partial charge in [-0.1, -0.05) is 12.1 Å². The van der Waals surface area contributed by atoms with Crippen LogP contribution in [0.5, 0.6) is 0 Å². The minimum atomic E-state index is -4.91. The second kappa shape index (κ2) is 5.87. The number of rotatable bonds is 1. The Labute approximate surface area is 165 Å². The van der Waals surface area contributed by atoms with E-state index >= 15 is 8.63 Å². The number of alkyl halides is 3. The molecule has 0 spiro atoms. The van der Waals surface area contributed by atoms with Gasteiger partial charge in [0.15, 0.2) is 5.70 Å². The van der Waals surface area contributed by atoms with Gasteiger partial charge in [-0.15, -0.1) is 0 Å². The fraction of sp³-hybridized carbons (Fsp3) is 0.0625. The lowest BCUT2D eigenvalue weighted by molar-refractivity contribution is -0.358. The number of aromatic nitrogens is 1. The van der Waals surface area contributed by atoms with Gasteiger partial charge in [0.05, 0.1) is 15.7 Å². The fourth-order valence-electron chi connectivity index (χ4n) is 3.35. The third-order valence-electron chi connectivity index (χ3n) is 4.44. The van der Waals surface area contributed by atoms with Crippen LogP contribution in [0, 0.1) is 5.82 Å². The highest BCUT2D eigenvalue weighted by Gasteiger charge is 2.54. The van der Waals surface area contributed by atoms with E-state index in [4.69, 9.17) is 0 Å². The number of allylic oxidation sites excluding steroid dienone is 2. The Bertz CT molecular complexity index is 1080. The maximum absolute atomic E-state index is 15.1. The van der Waals surface area contributed by atoms with Gasteiger partial charge in [0, 0.05) is 39.3 Å². The lowest BCUT2D eigenvalue weighted by atomic mass is 9.86. The van der Waals surface area contributed by atoms with Crippen molar-refractivity contribution in [2.24, 2.45) is 0 Å². The Hall–Kier alpha value is -1.75. The Morgan fingerprint density at radius 3 is 2.37 bits per heavy atom. The van der Waals surface area contributed by atoms with Crippen molar-refractivity contribution in [3.8, 4) is 0 Å². The molecule has 140 valence electrons. The van der Waals surface area contributed by atoms with Crippen LogP contribution in [0.25, 0.3) is 5.57 Å². The van der Waals surface area contributed by atoms with Crippen LogP contribution in [0.15, 0.2) is 52.8 Å². The van der Waals surface area contributed by atoms with E-state index in [0.717, 1.165) is 12.1 Å². The molecule has 3 heterocycles. The zero-order valence-electron chi connectivity index (χ0n) is 13.0. The fourth-order valence-corrected chi connectivity index (χ4v) is 4.49. The third-order valence-corrected chi connectivity index (χ3v) is 5.74. The Kier molecular flexibility index (Phi) is 4.05. The van der Waals surface area contributed by atoms with Crippen molar-refractivity contribution in [1.29, 1.82) is 0 Å². The number of fused-ring (bicyclic) bond motifs is 2. The summed E-state index contributed by atoms with van der Waals surface area (Å²) in [5.74, 6) is -1.51. The molecule has 0 unspecified atom stereocenters. The van der Waals surface area contributed by atoms with Crippen molar-refractivity contribution in [2.75, 3.05) is 0 Å². The molecule has 2 aliphatic rings. The topological polar surface area (TPSA) is 7.94 Å². The quantitative estimate of drug-likeness (QED) is 0.339. The molecule has 0 saturated heterocycles. The molecular weight excluding hydrogens is 505 g/mol. The first-order chi connectivity index (χ1) is 12.5. The Balaban J connectivity index is 2.10. The van der Waals surface area contributed by atoms with Crippen LogP contribution in [-0.2, 0) is 6.18 Å². The molecule has 1 aromatic carbocycles. The van der Waals surface area contributed by atoms with Crippen molar-refractivity contribution in [1.82, 2.24) is 4.48 Å². The Morgan fingerprint density at radius 2 is 1.70 bits per heavy atom. The van der Waals surface area contributed by atoms with Gasteiger partial charge in [-0.05, 0) is 34.1 Å². The summed E-state index contributed by atoms with van der Waals surface area (Å²) in [5.41, 5.74) is -2.08. The van der Waals surface area contributed by atoms with Crippen LogP contribution in [0.3, 0.4) is 0 Å². The predicted octanol–water partition coefficient (Wildman–Crippen LogP) is 5.78. The molecule has 0 N–H and O–H groups in total. The van der Waals surface area contributed by atoms with Crippen LogP contribution in [-0.4, -0.2) is 20.6 Å². The molecule has 2 nitrogen and oxygen atoms in total. The highest BCUT2D eigenvalue weighted by Crippen LogP contribution is 2.44. The van der Waals surface area contributed by atoms with Crippen molar-refractivity contribution in [3.63, 3.8) is 0 Å². The van der Waals surface area contributed by atoms with Gasteiger partial charge >= 0.3 is 13.1 Å². The number of halogens is 8. The third kappa shape index (κ3) is 2.58. The first kappa shape index (κ1) is 18.6. The smallest absolute Gasteiger partial charge is 0.389 e. The highest BCUT2D eigenvalue weighted by molar-refractivity contribution is 9.18. The van der Waals surface area contributed by atoms with Crippen molar-refractivity contribution < 1.29 is 30.7 Å². The van der Waals surface area contributed by atoms with Crippen molar-refractivity contribution >= 4 is 49.0 Å². The van der Waals surface area contributed by atoms with Crippen LogP contribution >= 0.6 is 31.9 Å². The van der Waals surface area contributed by atoms with E-state index in [2.05, 4.69) is 31.9 Å². The monoisotopic (exact) mass is 510 g/mol. The summed E-state index contributed by atoms with van der Waals surface area (Å²) in [6.07, 6.45) is -2.25. The largest absolute Gasteiger partial charge is 0.738 e. The van der Waals surface area contributed by atoms with Crippen molar-refractivity contribution in [3.05, 3.63) is 75.4 Å². The molecule has 11 heteroatoms. The molecule has 0 bridgehead atoms. The Morgan fingerprint density at radius 1 is 1.00 bits per heavy atom. The molecular formula is C16H7BBr2F6N2. The van der Waals surface area contributed by atoms with E-state index in [1.54, 1.807) is 0 Å². The molecule has 0 saturated carbocycles.